The summed E-state index contributed by atoms with van der Waals surface area (Å²) in [6.45, 7) is 8.96. The fourth-order valence-electron chi connectivity index (χ4n) is 3.79. The van der Waals surface area contributed by atoms with Gasteiger partial charge in [-0.3, -0.25) is 4.90 Å². The van der Waals surface area contributed by atoms with Crippen molar-refractivity contribution in [3.8, 4) is 0 Å². The molecule has 0 spiro atoms. The lowest BCUT2D eigenvalue weighted by Crippen LogP contribution is -2.55. The summed E-state index contributed by atoms with van der Waals surface area (Å²) in [6, 6.07) is 1.58. The van der Waals surface area contributed by atoms with Gasteiger partial charge in [0.05, 0.1) is 0 Å². The molecule has 1 aliphatic heterocycles. The van der Waals surface area contributed by atoms with Gasteiger partial charge in [-0.15, -0.1) is 0 Å². The summed E-state index contributed by atoms with van der Waals surface area (Å²) in [5, 5.41) is 0. The van der Waals surface area contributed by atoms with Crippen LogP contribution in [0.4, 0.5) is 0 Å². The summed E-state index contributed by atoms with van der Waals surface area (Å²) >= 11 is 0. The molecule has 1 saturated carbocycles. The van der Waals surface area contributed by atoms with E-state index in [4.69, 9.17) is 10.5 Å². The third-order valence-corrected chi connectivity index (χ3v) is 5.38. The summed E-state index contributed by atoms with van der Waals surface area (Å²) in [7, 11) is 2.28. The average molecular weight is 268 g/mol. The number of nitrogens with two attached hydrogens (primary N) is 1. The number of hydrogen-bond donors (Lipinski definition) is 1. The minimum Gasteiger partial charge on any atom is -0.381 e. The van der Waals surface area contributed by atoms with Crippen molar-refractivity contribution < 1.29 is 4.74 Å². The lowest BCUT2D eigenvalue weighted by Gasteiger charge is -2.47. The minimum atomic E-state index is 0.353. The molecule has 19 heavy (non-hydrogen) atoms. The Labute approximate surface area is 118 Å². The molecule has 3 heteroatoms. The van der Waals surface area contributed by atoms with E-state index in [2.05, 4.69) is 32.7 Å². The monoisotopic (exact) mass is 268 g/mol. The molecule has 3 atom stereocenters. The van der Waals surface area contributed by atoms with E-state index in [1.165, 1.54) is 32.1 Å². The van der Waals surface area contributed by atoms with Crippen molar-refractivity contribution in [1.29, 1.82) is 0 Å². The van der Waals surface area contributed by atoms with Crippen molar-refractivity contribution in [3.05, 3.63) is 0 Å². The van der Waals surface area contributed by atoms with Crippen molar-refractivity contribution >= 4 is 0 Å². The number of hydrogen-bond acceptors (Lipinski definition) is 3. The Balaban J connectivity index is 1.99. The average Bonchev–Trinajstić information content (AvgIpc) is 2.38. The highest BCUT2D eigenvalue weighted by molar-refractivity contribution is 4.93. The first-order chi connectivity index (χ1) is 8.89. The fourth-order valence-corrected chi connectivity index (χ4v) is 3.79. The van der Waals surface area contributed by atoms with Gasteiger partial charge in [-0.1, -0.05) is 20.8 Å². The fraction of sp³-hybridized carbons (Fsp3) is 1.00. The van der Waals surface area contributed by atoms with Gasteiger partial charge < -0.3 is 10.5 Å². The molecule has 2 aliphatic rings. The third kappa shape index (κ3) is 3.71. The van der Waals surface area contributed by atoms with Crippen LogP contribution in [0.5, 0.6) is 0 Å². The maximum Gasteiger partial charge on any atom is 0.0480 e. The minimum absolute atomic E-state index is 0.353. The van der Waals surface area contributed by atoms with Crippen LogP contribution in [-0.4, -0.2) is 43.3 Å². The van der Waals surface area contributed by atoms with Gasteiger partial charge in [0.1, 0.15) is 0 Å². The van der Waals surface area contributed by atoms with E-state index in [1.54, 1.807) is 0 Å². The van der Waals surface area contributed by atoms with Crippen molar-refractivity contribution in [2.45, 2.75) is 71.0 Å². The quantitative estimate of drug-likeness (QED) is 0.837. The molecular formula is C16H32N2O. The van der Waals surface area contributed by atoms with E-state index in [0.717, 1.165) is 19.1 Å². The molecule has 3 unspecified atom stereocenters. The van der Waals surface area contributed by atoms with Crippen LogP contribution in [0.3, 0.4) is 0 Å². The van der Waals surface area contributed by atoms with E-state index < -0.39 is 0 Å². The lowest BCUT2D eigenvalue weighted by atomic mass is 9.69. The Morgan fingerprint density at radius 3 is 2.26 bits per heavy atom. The Morgan fingerprint density at radius 2 is 1.68 bits per heavy atom. The maximum absolute atomic E-state index is 6.42. The molecule has 0 bridgehead atoms. The molecule has 112 valence electrons. The highest BCUT2D eigenvalue weighted by Crippen LogP contribution is 2.39. The van der Waals surface area contributed by atoms with Gasteiger partial charge in [-0.2, -0.15) is 0 Å². The maximum atomic E-state index is 6.42. The van der Waals surface area contributed by atoms with Gasteiger partial charge >= 0.3 is 0 Å². The SMILES string of the molecule is CN(C1CCOCC1)C1CC(C(C)(C)C)CCC1N. The molecule has 3 nitrogen and oxygen atoms in total. The van der Waals surface area contributed by atoms with E-state index in [9.17, 15) is 0 Å². The van der Waals surface area contributed by atoms with Crippen molar-refractivity contribution in [2.75, 3.05) is 20.3 Å². The van der Waals surface area contributed by atoms with Crippen LogP contribution in [0.15, 0.2) is 0 Å². The van der Waals surface area contributed by atoms with Gasteiger partial charge in [0.2, 0.25) is 0 Å². The van der Waals surface area contributed by atoms with Crippen LogP contribution in [-0.2, 0) is 4.74 Å². The first-order valence-electron chi connectivity index (χ1n) is 7.95. The van der Waals surface area contributed by atoms with Crippen LogP contribution in [0, 0.1) is 11.3 Å². The van der Waals surface area contributed by atoms with Gasteiger partial charge in [0.15, 0.2) is 0 Å². The van der Waals surface area contributed by atoms with Crippen LogP contribution >= 0.6 is 0 Å². The molecule has 0 amide bonds. The third-order valence-electron chi connectivity index (χ3n) is 5.38. The molecule has 0 aromatic rings. The van der Waals surface area contributed by atoms with Gasteiger partial charge in [0.25, 0.3) is 0 Å². The largest absolute Gasteiger partial charge is 0.381 e. The molecule has 0 aromatic heterocycles. The topological polar surface area (TPSA) is 38.5 Å². The Morgan fingerprint density at radius 1 is 1.05 bits per heavy atom. The normalized spacial score (nSPS) is 34.7. The van der Waals surface area contributed by atoms with Crippen molar-refractivity contribution in [1.82, 2.24) is 4.90 Å². The summed E-state index contributed by atoms with van der Waals surface area (Å²) < 4.78 is 5.48. The summed E-state index contributed by atoms with van der Waals surface area (Å²) in [4.78, 5) is 2.57. The van der Waals surface area contributed by atoms with Crippen LogP contribution in [0.1, 0.15) is 52.9 Å². The van der Waals surface area contributed by atoms with E-state index >= 15 is 0 Å². The van der Waals surface area contributed by atoms with E-state index in [1.807, 2.05) is 0 Å². The van der Waals surface area contributed by atoms with Crippen LogP contribution in [0.25, 0.3) is 0 Å². The summed E-state index contributed by atoms with van der Waals surface area (Å²) in [5.41, 5.74) is 6.83. The lowest BCUT2D eigenvalue weighted by molar-refractivity contribution is 0.00310. The van der Waals surface area contributed by atoms with Crippen LogP contribution in [0.2, 0.25) is 0 Å². The first kappa shape index (κ1) is 15.3. The summed E-state index contributed by atoms with van der Waals surface area (Å²) in [6.07, 6.45) is 6.07. The number of rotatable bonds is 2. The smallest absolute Gasteiger partial charge is 0.0480 e. The van der Waals surface area contributed by atoms with Crippen LogP contribution < -0.4 is 5.73 Å². The highest BCUT2D eigenvalue weighted by Gasteiger charge is 2.38. The highest BCUT2D eigenvalue weighted by atomic mass is 16.5. The zero-order valence-corrected chi connectivity index (χ0v) is 13.2. The Bertz CT molecular complexity index is 281. The number of likely N-dealkylation sites (N-methyl/N-ethyl adjacent to an activating group) is 1. The van der Waals surface area contributed by atoms with Gasteiger partial charge in [0, 0.05) is 31.3 Å². The zero-order chi connectivity index (χ0) is 14.0. The summed E-state index contributed by atoms with van der Waals surface area (Å²) in [5.74, 6) is 0.805. The number of nitrogens with zero attached hydrogens (tertiary/aromatic N) is 1. The molecule has 1 heterocycles. The standard InChI is InChI=1S/C16H32N2O/c1-16(2,3)12-5-6-14(17)15(11-12)18(4)13-7-9-19-10-8-13/h12-15H,5-11,17H2,1-4H3. The molecule has 0 aromatic carbocycles. The Hall–Kier alpha value is -0.120. The van der Waals surface area contributed by atoms with Gasteiger partial charge in [-0.05, 0) is 50.5 Å². The molecule has 0 radical (unpaired) electrons. The predicted molar refractivity (Wildman–Crippen MR) is 80.2 cm³/mol. The number of ether oxygens (including phenoxy) is 1. The Kier molecular flexibility index (Phi) is 4.91. The molecular weight excluding hydrogens is 236 g/mol. The second-order valence-corrected chi connectivity index (χ2v) is 7.62. The molecule has 2 N–H and O–H groups in total. The second-order valence-electron chi connectivity index (χ2n) is 7.62. The molecule has 1 saturated heterocycles. The molecule has 2 fully saturated rings. The molecule has 1 aliphatic carbocycles. The van der Waals surface area contributed by atoms with Crippen molar-refractivity contribution in [3.63, 3.8) is 0 Å². The first-order valence-corrected chi connectivity index (χ1v) is 7.95. The van der Waals surface area contributed by atoms with Gasteiger partial charge in [-0.25, -0.2) is 0 Å². The predicted octanol–water partition coefficient (Wildman–Crippen LogP) is 2.64. The zero-order valence-electron chi connectivity index (χ0n) is 13.2. The second kappa shape index (κ2) is 6.11. The van der Waals surface area contributed by atoms with Crippen molar-refractivity contribution in [2.24, 2.45) is 17.1 Å². The van der Waals surface area contributed by atoms with E-state index in [0.29, 0.717) is 23.5 Å². The van der Waals surface area contributed by atoms with E-state index in [-0.39, 0.29) is 0 Å². The molecule has 2 rings (SSSR count).